The molecule has 0 bridgehead atoms. The van der Waals surface area contributed by atoms with E-state index in [1.807, 2.05) is 0 Å². The van der Waals surface area contributed by atoms with E-state index < -0.39 is 12.2 Å². The number of nitrogens with zero attached hydrogens (tertiary/aromatic N) is 3. The molecule has 82 valence electrons. The normalized spacial score (nSPS) is 25.9. The van der Waals surface area contributed by atoms with Crippen molar-refractivity contribution in [3.63, 3.8) is 0 Å². The second-order valence-electron chi connectivity index (χ2n) is 3.53. The summed E-state index contributed by atoms with van der Waals surface area (Å²) in [5, 5.41) is 22.4. The highest BCUT2D eigenvalue weighted by Crippen LogP contribution is 2.17. The minimum atomic E-state index is -0.852. The van der Waals surface area contributed by atoms with E-state index in [0.29, 0.717) is 10.6 Å². The van der Waals surface area contributed by atoms with E-state index in [2.05, 4.69) is 9.59 Å². The third-order valence-corrected chi connectivity index (χ3v) is 3.21. The van der Waals surface area contributed by atoms with Crippen LogP contribution >= 0.6 is 11.5 Å². The van der Waals surface area contributed by atoms with E-state index in [9.17, 15) is 15.0 Å². The fraction of sp³-hybridized carbons (Fsp3) is 0.625. The zero-order valence-corrected chi connectivity index (χ0v) is 8.94. The van der Waals surface area contributed by atoms with Gasteiger partial charge in [0.05, 0.1) is 17.9 Å². The van der Waals surface area contributed by atoms with Gasteiger partial charge < -0.3 is 15.1 Å². The Balaban J connectivity index is 2.13. The fourth-order valence-electron chi connectivity index (χ4n) is 1.51. The standard InChI is InChI=1S/C8H11N3O3S/c1-4-7(15-10-9-4)8(14)11-2-5(12)6(13)3-11/h5-6,12-13H,2-3H2,1H3/t5-,6+. The Hall–Kier alpha value is -1.05. The SMILES string of the molecule is Cc1nnsc1C(=O)N1C[C@@H](O)[C@@H](O)C1. The van der Waals surface area contributed by atoms with Crippen molar-refractivity contribution in [3.05, 3.63) is 10.6 Å². The summed E-state index contributed by atoms with van der Waals surface area (Å²) in [6.07, 6.45) is -1.70. The van der Waals surface area contributed by atoms with Gasteiger partial charge in [-0.25, -0.2) is 0 Å². The summed E-state index contributed by atoms with van der Waals surface area (Å²) in [6.45, 7) is 2.04. The fourth-order valence-corrected chi connectivity index (χ4v) is 2.13. The molecule has 1 aliphatic heterocycles. The molecule has 0 unspecified atom stereocenters. The third kappa shape index (κ3) is 1.85. The van der Waals surface area contributed by atoms with Crippen LogP contribution in [0.3, 0.4) is 0 Å². The lowest BCUT2D eigenvalue weighted by Crippen LogP contribution is -2.29. The van der Waals surface area contributed by atoms with Crippen LogP contribution in [0.25, 0.3) is 0 Å². The summed E-state index contributed by atoms with van der Waals surface area (Å²) in [7, 11) is 0. The lowest BCUT2D eigenvalue weighted by molar-refractivity contribution is 0.0572. The van der Waals surface area contributed by atoms with Gasteiger partial charge in [0.25, 0.3) is 5.91 Å². The second-order valence-corrected chi connectivity index (χ2v) is 4.29. The van der Waals surface area contributed by atoms with Crippen molar-refractivity contribution in [2.75, 3.05) is 13.1 Å². The van der Waals surface area contributed by atoms with Crippen LogP contribution < -0.4 is 0 Å². The summed E-state index contributed by atoms with van der Waals surface area (Å²) < 4.78 is 3.67. The van der Waals surface area contributed by atoms with Crippen molar-refractivity contribution in [2.24, 2.45) is 0 Å². The Morgan fingerprint density at radius 1 is 1.47 bits per heavy atom. The minimum Gasteiger partial charge on any atom is -0.388 e. The van der Waals surface area contributed by atoms with Crippen LogP contribution in [0.2, 0.25) is 0 Å². The molecule has 2 rings (SSSR count). The van der Waals surface area contributed by atoms with Crippen molar-refractivity contribution in [1.29, 1.82) is 0 Å². The van der Waals surface area contributed by atoms with Crippen molar-refractivity contribution >= 4 is 17.4 Å². The van der Waals surface area contributed by atoms with Crippen molar-refractivity contribution in [1.82, 2.24) is 14.5 Å². The number of aryl methyl sites for hydroxylation is 1. The number of aromatic nitrogens is 2. The lowest BCUT2D eigenvalue weighted by atomic mass is 10.3. The molecule has 0 aromatic carbocycles. The summed E-state index contributed by atoms with van der Waals surface area (Å²) in [5.74, 6) is -0.224. The van der Waals surface area contributed by atoms with Crippen molar-refractivity contribution in [3.8, 4) is 0 Å². The largest absolute Gasteiger partial charge is 0.388 e. The molecule has 0 spiro atoms. The molecule has 0 saturated carbocycles. The first-order valence-electron chi connectivity index (χ1n) is 4.54. The van der Waals surface area contributed by atoms with Gasteiger partial charge in [-0.05, 0) is 18.5 Å². The number of aliphatic hydroxyl groups excluding tert-OH is 2. The number of carbonyl (C=O) groups is 1. The minimum absolute atomic E-state index is 0.164. The summed E-state index contributed by atoms with van der Waals surface area (Å²) in [5.41, 5.74) is 0.584. The molecule has 1 aliphatic rings. The number of rotatable bonds is 1. The Labute approximate surface area is 90.3 Å². The number of carbonyl (C=O) groups excluding carboxylic acids is 1. The summed E-state index contributed by atoms with van der Waals surface area (Å²) in [4.78, 5) is 13.7. The smallest absolute Gasteiger partial charge is 0.267 e. The number of likely N-dealkylation sites (tertiary alicyclic amines) is 1. The molecule has 2 heterocycles. The van der Waals surface area contributed by atoms with Gasteiger partial charge in [0.1, 0.15) is 4.88 Å². The zero-order valence-electron chi connectivity index (χ0n) is 8.12. The average molecular weight is 229 g/mol. The van der Waals surface area contributed by atoms with E-state index in [4.69, 9.17) is 0 Å². The third-order valence-electron chi connectivity index (χ3n) is 2.39. The number of hydrogen-bond acceptors (Lipinski definition) is 6. The van der Waals surface area contributed by atoms with E-state index in [1.165, 1.54) is 4.90 Å². The molecule has 1 aromatic rings. The predicted octanol–water partition coefficient (Wildman–Crippen LogP) is -0.976. The van der Waals surface area contributed by atoms with Crippen LogP contribution in [0.5, 0.6) is 0 Å². The quantitative estimate of drug-likeness (QED) is 0.646. The van der Waals surface area contributed by atoms with Gasteiger partial charge in [0, 0.05) is 13.1 Å². The van der Waals surface area contributed by atoms with E-state index in [1.54, 1.807) is 6.92 Å². The first kappa shape index (κ1) is 10.5. The molecule has 2 N–H and O–H groups in total. The van der Waals surface area contributed by atoms with Crippen LogP contribution in [-0.2, 0) is 0 Å². The highest BCUT2D eigenvalue weighted by atomic mass is 32.1. The van der Waals surface area contributed by atoms with E-state index in [-0.39, 0.29) is 19.0 Å². The van der Waals surface area contributed by atoms with Crippen LogP contribution in [-0.4, -0.2) is 55.9 Å². The average Bonchev–Trinajstić information content (AvgIpc) is 2.74. The molecule has 6 nitrogen and oxygen atoms in total. The van der Waals surface area contributed by atoms with Gasteiger partial charge >= 0.3 is 0 Å². The van der Waals surface area contributed by atoms with E-state index >= 15 is 0 Å². The molecular formula is C8H11N3O3S. The molecular weight excluding hydrogens is 218 g/mol. The summed E-state index contributed by atoms with van der Waals surface area (Å²) >= 11 is 1.03. The Morgan fingerprint density at radius 2 is 2.07 bits per heavy atom. The molecule has 1 aromatic heterocycles. The van der Waals surface area contributed by atoms with Gasteiger partial charge in [-0.2, -0.15) is 0 Å². The maximum Gasteiger partial charge on any atom is 0.267 e. The number of amides is 1. The molecule has 0 radical (unpaired) electrons. The van der Waals surface area contributed by atoms with Gasteiger partial charge in [-0.1, -0.05) is 4.49 Å². The van der Waals surface area contributed by atoms with Crippen LogP contribution in [0.1, 0.15) is 15.4 Å². The Morgan fingerprint density at radius 3 is 2.53 bits per heavy atom. The Bertz CT molecular complexity index is 371. The molecule has 1 fully saturated rings. The van der Waals surface area contributed by atoms with E-state index in [0.717, 1.165) is 11.5 Å². The monoisotopic (exact) mass is 229 g/mol. The number of aliphatic hydroxyl groups is 2. The highest BCUT2D eigenvalue weighted by Gasteiger charge is 2.34. The number of hydrogen-bond donors (Lipinski definition) is 2. The Kier molecular flexibility index (Phi) is 2.68. The molecule has 1 saturated heterocycles. The van der Waals surface area contributed by atoms with Gasteiger partial charge in [-0.3, -0.25) is 4.79 Å². The van der Waals surface area contributed by atoms with Gasteiger partial charge in [-0.15, -0.1) is 5.10 Å². The zero-order chi connectivity index (χ0) is 11.0. The van der Waals surface area contributed by atoms with Gasteiger partial charge in [0.15, 0.2) is 0 Å². The van der Waals surface area contributed by atoms with Crippen LogP contribution in [0.4, 0.5) is 0 Å². The van der Waals surface area contributed by atoms with Crippen LogP contribution in [0.15, 0.2) is 0 Å². The number of β-amino-alcohol motifs (C(OH)–C–C–N with tert-alkyl or cyclic N) is 2. The second kappa shape index (κ2) is 3.84. The first-order chi connectivity index (χ1) is 7.09. The van der Waals surface area contributed by atoms with Crippen LogP contribution in [0, 0.1) is 6.92 Å². The molecule has 2 atom stereocenters. The molecule has 1 amide bonds. The highest BCUT2D eigenvalue weighted by molar-refractivity contribution is 7.07. The van der Waals surface area contributed by atoms with Gasteiger partial charge in [0.2, 0.25) is 0 Å². The lowest BCUT2D eigenvalue weighted by Gasteiger charge is -2.13. The molecule has 7 heteroatoms. The van der Waals surface area contributed by atoms with Crippen molar-refractivity contribution < 1.29 is 15.0 Å². The predicted molar refractivity (Wildman–Crippen MR) is 52.6 cm³/mol. The van der Waals surface area contributed by atoms with Crippen molar-refractivity contribution in [2.45, 2.75) is 19.1 Å². The maximum absolute atomic E-state index is 11.9. The summed E-state index contributed by atoms with van der Waals surface area (Å²) in [6, 6.07) is 0. The topological polar surface area (TPSA) is 86.6 Å². The molecule has 0 aliphatic carbocycles. The first-order valence-corrected chi connectivity index (χ1v) is 5.31. The molecule has 15 heavy (non-hydrogen) atoms. The maximum atomic E-state index is 11.9.